The van der Waals surface area contributed by atoms with Crippen molar-refractivity contribution in [3.05, 3.63) is 156 Å². The summed E-state index contributed by atoms with van der Waals surface area (Å²) >= 11 is 0. The molecular weight excluding hydrogens is 574 g/mol. The van der Waals surface area contributed by atoms with Crippen LogP contribution < -0.4 is 0 Å². The summed E-state index contributed by atoms with van der Waals surface area (Å²) in [7, 11) is 0. The van der Waals surface area contributed by atoms with Crippen molar-refractivity contribution >= 4 is 21.8 Å². The number of benzene rings is 6. The average molecular weight is 604 g/mol. The lowest BCUT2D eigenvalue weighted by molar-refractivity contribution is 1.06. The lowest BCUT2D eigenvalue weighted by atomic mass is 10.00. The summed E-state index contributed by atoms with van der Waals surface area (Å²) in [5, 5.41) is 11.8. The third-order valence-electron chi connectivity index (χ3n) is 8.60. The number of nitriles is 1. The van der Waals surface area contributed by atoms with Crippen molar-refractivity contribution in [3.8, 4) is 57.0 Å². The van der Waals surface area contributed by atoms with Gasteiger partial charge < -0.3 is 4.57 Å². The van der Waals surface area contributed by atoms with Crippen LogP contribution in [0.5, 0.6) is 0 Å². The molecule has 47 heavy (non-hydrogen) atoms. The van der Waals surface area contributed by atoms with E-state index in [4.69, 9.17) is 15.0 Å². The van der Waals surface area contributed by atoms with Crippen LogP contribution in [-0.2, 0) is 0 Å². The molecular formula is C42H29N5. The summed E-state index contributed by atoms with van der Waals surface area (Å²) in [6.45, 7) is 4.26. The summed E-state index contributed by atoms with van der Waals surface area (Å²) in [4.78, 5) is 15.2. The van der Waals surface area contributed by atoms with Crippen LogP contribution in [0.1, 0.15) is 16.7 Å². The molecule has 0 amide bonds. The molecule has 2 heterocycles. The first kappa shape index (κ1) is 28.1. The minimum atomic E-state index is 0.592. The van der Waals surface area contributed by atoms with Crippen LogP contribution in [0.3, 0.4) is 0 Å². The van der Waals surface area contributed by atoms with E-state index in [9.17, 15) is 5.26 Å². The van der Waals surface area contributed by atoms with Gasteiger partial charge in [0.05, 0.1) is 28.4 Å². The number of fused-ring (bicyclic) bond motifs is 3. The van der Waals surface area contributed by atoms with Gasteiger partial charge in [-0.1, -0.05) is 103 Å². The zero-order valence-electron chi connectivity index (χ0n) is 26.0. The zero-order chi connectivity index (χ0) is 31.9. The van der Waals surface area contributed by atoms with Crippen molar-refractivity contribution in [2.45, 2.75) is 13.8 Å². The van der Waals surface area contributed by atoms with E-state index in [1.165, 1.54) is 21.9 Å². The molecule has 8 aromatic rings. The quantitative estimate of drug-likeness (QED) is 0.196. The molecule has 5 heteroatoms. The molecule has 0 aliphatic heterocycles. The van der Waals surface area contributed by atoms with Crippen LogP contribution >= 0.6 is 0 Å². The van der Waals surface area contributed by atoms with Crippen LogP contribution in [-0.4, -0.2) is 19.5 Å². The van der Waals surface area contributed by atoms with Crippen molar-refractivity contribution < 1.29 is 0 Å². The Kier molecular flexibility index (Phi) is 6.89. The first-order chi connectivity index (χ1) is 23.1. The second kappa shape index (κ2) is 11.5. The molecule has 0 unspecified atom stereocenters. The highest BCUT2D eigenvalue weighted by Gasteiger charge is 2.20. The predicted octanol–water partition coefficient (Wildman–Crippen LogP) is 10.1. The molecule has 0 bridgehead atoms. The van der Waals surface area contributed by atoms with Gasteiger partial charge in [0.2, 0.25) is 0 Å². The molecule has 2 aromatic heterocycles. The van der Waals surface area contributed by atoms with Gasteiger partial charge in [-0.05, 0) is 72.5 Å². The zero-order valence-corrected chi connectivity index (χ0v) is 26.0. The van der Waals surface area contributed by atoms with Crippen LogP contribution in [0.15, 0.2) is 140 Å². The monoisotopic (exact) mass is 603 g/mol. The van der Waals surface area contributed by atoms with Gasteiger partial charge in [-0.15, -0.1) is 0 Å². The van der Waals surface area contributed by atoms with Crippen LogP contribution in [0.2, 0.25) is 0 Å². The van der Waals surface area contributed by atoms with Crippen molar-refractivity contribution in [1.82, 2.24) is 19.5 Å². The molecule has 5 nitrogen and oxygen atoms in total. The smallest absolute Gasteiger partial charge is 0.166 e. The molecule has 8 rings (SSSR count). The van der Waals surface area contributed by atoms with E-state index < -0.39 is 0 Å². The Morgan fingerprint density at radius 3 is 1.53 bits per heavy atom. The van der Waals surface area contributed by atoms with E-state index in [-0.39, 0.29) is 0 Å². The molecule has 222 valence electrons. The maximum absolute atomic E-state index is 9.41. The second-order valence-electron chi connectivity index (χ2n) is 11.8. The SMILES string of the molecule is Cc1ccc2c3ccc(C)cc3n(-c3cc(-c4ccc(C#N)cc4)ccc3-c3nc(-c4ccccc4)nc(-c4ccccc4)n3)c2c1. The maximum atomic E-state index is 9.41. The standard InChI is InChI=1S/C42H29N5/c1-27-13-20-34-35-21-14-28(2)24-38(35)47(37(34)23-27)39-25-33(30-17-15-29(26-43)16-18-30)19-22-36(39)42-45-40(31-9-5-3-6-10-31)44-41(46-42)32-11-7-4-8-12-32/h3-25H,1-2H3. The summed E-state index contributed by atoms with van der Waals surface area (Å²) in [5.74, 6) is 1.82. The Balaban J connectivity index is 1.46. The largest absolute Gasteiger partial charge is 0.308 e. The van der Waals surface area contributed by atoms with Gasteiger partial charge in [0.1, 0.15) is 0 Å². The van der Waals surface area contributed by atoms with Crippen LogP contribution in [0.25, 0.3) is 72.8 Å². The Labute approximate surface area is 273 Å². The Morgan fingerprint density at radius 2 is 1.00 bits per heavy atom. The normalized spacial score (nSPS) is 11.2. The molecule has 0 saturated heterocycles. The maximum Gasteiger partial charge on any atom is 0.166 e. The summed E-state index contributed by atoms with van der Waals surface area (Å²) < 4.78 is 2.35. The molecule has 0 radical (unpaired) electrons. The molecule has 0 aliphatic rings. The highest BCUT2D eigenvalue weighted by atomic mass is 15.1. The average Bonchev–Trinajstić information content (AvgIpc) is 3.44. The van der Waals surface area contributed by atoms with E-state index in [0.29, 0.717) is 23.0 Å². The van der Waals surface area contributed by atoms with Gasteiger partial charge in [-0.3, -0.25) is 0 Å². The lowest BCUT2D eigenvalue weighted by Crippen LogP contribution is -2.04. The van der Waals surface area contributed by atoms with Gasteiger partial charge in [-0.25, -0.2) is 15.0 Å². The topological polar surface area (TPSA) is 67.4 Å². The summed E-state index contributed by atoms with van der Waals surface area (Å²) in [6, 6.07) is 49.8. The van der Waals surface area contributed by atoms with Crippen LogP contribution in [0, 0.1) is 25.2 Å². The molecule has 0 atom stereocenters. The predicted molar refractivity (Wildman–Crippen MR) is 190 cm³/mol. The van der Waals surface area contributed by atoms with E-state index in [1.54, 1.807) is 0 Å². The van der Waals surface area contributed by atoms with Crippen molar-refractivity contribution in [2.75, 3.05) is 0 Å². The minimum absolute atomic E-state index is 0.592. The number of nitrogens with zero attached hydrogens (tertiary/aromatic N) is 5. The molecule has 0 spiro atoms. The number of aromatic nitrogens is 4. The van der Waals surface area contributed by atoms with Gasteiger partial charge in [-0.2, -0.15) is 5.26 Å². The van der Waals surface area contributed by atoms with E-state index in [2.05, 4.69) is 79.1 Å². The van der Waals surface area contributed by atoms with Crippen molar-refractivity contribution in [2.24, 2.45) is 0 Å². The summed E-state index contributed by atoms with van der Waals surface area (Å²) in [6.07, 6.45) is 0. The molecule has 0 aliphatic carbocycles. The molecule has 0 fully saturated rings. The third-order valence-corrected chi connectivity index (χ3v) is 8.60. The van der Waals surface area contributed by atoms with Crippen molar-refractivity contribution in [3.63, 3.8) is 0 Å². The highest BCUT2D eigenvalue weighted by Crippen LogP contribution is 2.39. The molecule has 0 saturated carbocycles. The molecule has 0 N–H and O–H groups in total. The highest BCUT2D eigenvalue weighted by molar-refractivity contribution is 6.10. The molecule has 6 aromatic carbocycles. The number of hydrogen-bond donors (Lipinski definition) is 0. The Morgan fingerprint density at radius 1 is 0.489 bits per heavy atom. The van der Waals surface area contributed by atoms with Crippen molar-refractivity contribution in [1.29, 1.82) is 5.26 Å². The van der Waals surface area contributed by atoms with E-state index in [1.807, 2.05) is 84.9 Å². The third kappa shape index (κ3) is 5.12. The van der Waals surface area contributed by atoms with E-state index >= 15 is 0 Å². The summed E-state index contributed by atoms with van der Waals surface area (Å²) in [5.41, 5.74) is 11.0. The van der Waals surface area contributed by atoms with Gasteiger partial charge in [0, 0.05) is 27.5 Å². The fraction of sp³-hybridized carbons (Fsp3) is 0.0476. The van der Waals surface area contributed by atoms with Gasteiger partial charge in [0.25, 0.3) is 0 Å². The minimum Gasteiger partial charge on any atom is -0.308 e. The Bertz CT molecular complexity index is 2350. The first-order valence-electron chi connectivity index (χ1n) is 15.6. The number of hydrogen-bond acceptors (Lipinski definition) is 4. The fourth-order valence-electron chi connectivity index (χ4n) is 6.25. The van der Waals surface area contributed by atoms with Gasteiger partial charge in [0.15, 0.2) is 17.5 Å². The lowest BCUT2D eigenvalue weighted by Gasteiger charge is -2.17. The van der Waals surface area contributed by atoms with Crippen LogP contribution in [0.4, 0.5) is 0 Å². The number of aryl methyl sites for hydroxylation is 2. The Hall–Kier alpha value is -6.38. The van der Waals surface area contributed by atoms with E-state index in [0.717, 1.165) is 44.5 Å². The fourth-order valence-corrected chi connectivity index (χ4v) is 6.25. The first-order valence-corrected chi connectivity index (χ1v) is 15.6. The second-order valence-corrected chi connectivity index (χ2v) is 11.8. The van der Waals surface area contributed by atoms with Gasteiger partial charge >= 0.3 is 0 Å². The number of rotatable bonds is 5.